The highest BCUT2D eigenvalue weighted by Gasteiger charge is 2.19. The van der Waals surface area contributed by atoms with E-state index in [1.54, 1.807) is 7.11 Å². The number of ether oxygens (including phenoxy) is 1. The van der Waals surface area contributed by atoms with Gasteiger partial charge in [0.1, 0.15) is 0 Å². The Labute approximate surface area is 117 Å². The number of nitrogens with two attached hydrogens (primary N) is 1. The summed E-state index contributed by atoms with van der Waals surface area (Å²) in [4.78, 5) is 14.3. The van der Waals surface area contributed by atoms with Crippen molar-refractivity contribution in [2.45, 2.75) is 51.4 Å². The maximum absolute atomic E-state index is 12.4. The molecule has 1 fully saturated rings. The monoisotopic (exact) mass is 270 g/mol. The second-order valence-corrected chi connectivity index (χ2v) is 5.58. The topological polar surface area (TPSA) is 55.6 Å². The fraction of sp³-hybridized carbons (Fsp3) is 0.933. The first kappa shape index (κ1) is 16.4. The lowest BCUT2D eigenvalue weighted by Crippen LogP contribution is -2.36. The molecule has 1 aliphatic rings. The largest absolute Gasteiger partial charge is 0.383 e. The molecule has 0 heterocycles. The summed E-state index contributed by atoms with van der Waals surface area (Å²) in [5.74, 6) is 0.885. The molecule has 0 saturated heterocycles. The van der Waals surface area contributed by atoms with Crippen LogP contribution < -0.4 is 5.73 Å². The smallest absolute Gasteiger partial charge is 0.222 e. The van der Waals surface area contributed by atoms with Crippen molar-refractivity contribution in [1.29, 1.82) is 0 Å². The van der Waals surface area contributed by atoms with Crippen LogP contribution in [0.1, 0.15) is 51.4 Å². The molecule has 112 valence electrons. The fourth-order valence-electron chi connectivity index (χ4n) is 2.79. The van der Waals surface area contributed by atoms with E-state index in [1.807, 2.05) is 4.90 Å². The second kappa shape index (κ2) is 10.2. The molecular weight excluding hydrogens is 240 g/mol. The summed E-state index contributed by atoms with van der Waals surface area (Å²) in [5.41, 5.74) is 5.54. The predicted octanol–water partition coefficient (Wildman–Crippen LogP) is 2.17. The van der Waals surface area contributed by atoms with Crippen molar-refractivity contribution in [2.24, 2.45) is 11.7 Å². The summed E-state index contributed by atoms with van der Waals surface area (Å²) >= 11 is 0. The number of carbonyl (C=O) groups is 1. The van der Waals surface area contributed by atoms with E-state index in [2.05, 4.69) is 0 Å². The Kier molecular flexibility index (Phi) is 8.84. The molecule has 0 aromatic rings. The standard InChI is InChI=1S/C15H30N2O2/c1-19-12-11-17(10-6-9-16)15(18)13-14-7-4-2-3-5-8-14/h14H,2-13,16H2,1H3. The number of amides is 1. The van der Waals surface area contributed by atoms with Crippen molar-refractivity contribution in [3.8, 4) is 0 Å². The van der Waals surface area contributed by atoms with Crippen LogP contribution in [0.25, 0.3) is 0 Å². The molecule has 1 saturated carbocycles. The third kappa shape index (κ3) is 6.92. The molecule has 0 radical (unpaired) electrons. The zero-order valence-electron chi connectivity index (χ0n) is 12.4. The highest BCUT2D eigenvalue weighted by Crippen LogP contribution is 2.25. The van der Waals surface area contributed by atoms with Gasteiger partial charge in [-0.3, -0.25) is 4.79 Å². The molecular formula is C15H30N2O2. The van der Waals surface area contributed by atoms with Crippen LogP contribution in [0.3, 0.4) is 0 Å². The average Bonchev–Trinajstić information content (AvgIpc) is 2.67. The zero-order chi connectivity index (χ0) is 13.9. The molecule has 0 aromatic carbocycles. The number of rotatable bonds is 8. The van der Waals surface area contributed by atoms with Gasteiger partial charge in [0.05, 0.1) is 6.61 Å². The number of hydrogen-bond acceptors (Lipinski definition) is 3. The Bertz CT molecular complexity index is 230. The quantitative estimate of drug-likeness (QED) is 0.688. The first-order valence-electron chi connectivity index (χ1n) is 7.74. The summed E-state index contributed by atoms with van der Waals surface area (Å²) in [6.07, 6.45) is 9.30. The SMILES string of the molecule is COCCN(CCCN)C(=O)CC1CCCCCC1. The van der Waals surface area contributed by atoms with E-state index in [9.17, 15) is 4.79 Å². The molecule has 1 aliphatic carbocycles. The van der Waals surface area contributed by atoms with Crippen molar-refractivity contribution >= 4 is 5.91 Å². The van der Waals surface area contributed by atoms with Gasteiger partial charge in [0.2, 0.25) is 5.91 Å². The van der Waals surface area contributed by atoms with Crippen molar-refractivity contribution in [2.75, 3.05) is 33.4 Å². The third-order valence-corrected chi connectivity index (χ3v) is 3.99. The summed E-state index contributed by atoms with van der Waals surface area (Å²) in [6.45, 7) is 2.72. The Morgan fingerprint density at radius 3 is 2.47 bits per heavy atom. The van der Waals surface area contributed by atoms with E-state index < -0.39 is 0 Å². The van der Waals surface area contributed by atoms with E-state index in [4.69, 9.17) is 10.5 Å². The number of carbonyl (C=O) groups excluding carboxylic acids is 1. The normalized spacial score (nSPS) is 17.2. The van der Waals surface area contributed by atoms with Gasteiger partial charge in [0, 0.05) is 26.6 Å². The Hall–Kier alpha value is -0.610. The minimum absolute atomic E-state index is 0.289. The molecule has 0 aromatic heterocycles. The van der Waals surface area contributed by atoms with Crippen molar-refractivity contribution in [3.05, 3.63) is 0 Å². The maximum atomic E-state index is 12.4. The zero-order valence-corrected chi connectivity index (χ0v) is 12.4. The first-order valence-corrected chi connectivity index (χ1v) is 7.74. The molecule has 0 unspecified atom stereocenters. The van der Waals surface area contributed by atoms with Crippen LogP contribution in [0.2, 0.25) is 0 Å². The van der Waals surface area contributed by atoms with Gasteiger partial charge in [-0.25, -0.2) is 0 Å². The van der Waals surface area contributed by atoms with Crippen LogP contribution >= 0.6 is 0 Å². The fourth-order valence-corrected chi connectivity index (χ4v) is 2.79. The molecule has 1 rings (SSSR count). The first-order chi connectivity index (χ1) is 9.27. The maximum Gasteiger partial charge on any atom is 0.222 e. The van der Waals surface area contributed by atoms with Gasteiger partial charge in [0.15, 0.2) is 0 Å². The third-order valence-electron chi connectivity index (χ3n) is 3.99. The van der Waals surface area contributed by atoms with Gasteiger partial charge in [-0.2, -0.15) is 0 Å². The van der Waals surface area contributed by atoms with Crippen LogP contribution in [0.5, 0.6) is 0 Å². The van der Waals surface area contributed by atoms with Crippen LogP contribution in [0.4, 0.5) is 0 Å². The van der Waals surface area contributed by atoms with Crippen LogP contribution in [-0.4, -0.2) is 44.2 Å². The van der Waals surface area contributed by atoms with Crippen LogP contribution in [-0.2, 0) is 9.53 Å². The van der Waals surface area contributed by atoms with E-state index in [-0.39, 0.29) is 5.91 Å². The van der Waals surface area contributed by atoms with Gasteiger partial charge < -0.3 is 15.4 Å². The van der Waals surface area contributed by atoms with Crippen molar-refractivity contribution in [1.82, 2.24) is 4.90 Å². The molecule has 4 heteroatoms. The molecule has 2 N–H and O–H groups in total. The molecule has 0 spiro atoms. The molecule has 4 nitrogen and oxygen atoms in total. The van der Waals surface area contributed by atoms with Gasteiger partial charge in [-0.05, 0) is 31.7 Å². The van der Waals surface area contributed by atoms with Crippen LogP contribution in [0.15, 0.2) is 0 Å². The lowest BCUT2D eigenvalue weighted by molar-refractivity contribution is -0.133. The Balaban J connectivity index is 2.39. The Morgan fingerprint density at radius 1 is 1.21 bits per heavy atom. The minimum Gasteiger partial charge on any atom is -0.383 e. The Morgan fingerprint density at radius 2 is 1.89 bits per heavy atom. The van der Waals surface area contributed by atoms with Gasteiger partial charge >= 0.3 is 0 Å². The van der Waals surface area contributed by atoms with Crippen molar-refractivity contribution < 1.29 is 9.53 Å². The summed E-state index contributed by atoms with van der Waals surface area (Å²) in [5, 5.41) is 0. The second-order valence-electron chi connectivity index (χ2n) is 5.58. The lowest BCUT2D eigenvalue weighted by Gasteiger charge is -2.24. The van der Waals surface area contributed by atoms with Crippen molar-refractivity contribution in [3.63, 3.8) is 0 Å². The molecule has 0 atom stereocenters. The van der Waals surface area contributed by atoms with E-state index >= 15 is 0 Å². The highest BCUT2D eigenvalue weighted by atomic mass is 16.5. The van der Waals surface area contributed by atoms with Gasteiger partial charge in [0.25, 0.3) is 0 Å². The van der Waals surface area contributed by atoms with Gasteiger partial charge in [-0.1, -0.05) is 25.7 Å². The van der Waals surface area contributed by atoms with E-state index in [0.717, 1.165) is 13.0 Å². The number of nitrogens with zero attached hydrogens (tertiary/aromatic N) is 1. The predicted molar refractivity (Wildman–Crippen MR) is 77.9 cm³/mol. The van der Waals surface area contributed by atoms with E-state index in [1.165, 1.54) is 38.5 Å². The summed E-state index contributed by atoms with van der Waals surface area (Å²) in [7, 11) is 1.68. The summed E-state index contributed by atoms with van der Waals surface area (Å²) in [6, 6.07) is 0. The highest BCUT2D eigenvalue weighted by molar-refractivity contribution is 5.76. The lowest BCUT2D eigenvalue weighted by atomic mass is 9.96. The molecule has 19 heavy (non-hydrogen) atoms. The van der Waals surface area contributed by atoms with E-state index in [0.29, 0.717) is 32.0 Å². The van der Waals surface area contributed by atoms with Crippen LogP contribution in [0, 0.1) is 5.92 Å². The molecule has 1 amide bonds. The number of methoxy groups -OCH3 is 1. The summed E-state index contributed by atoms with van der Waals surface area (Å²) < 4.78 is 5.09. The number of hydrogen-bond donors (Lipinski definition) is 1. The molecule has 0 bridgehead atoms. The average molecular weight is 270 g/mol. The minimum atomic E-state index is 0.289. The molecule has 0 aliphatic heterocycles. The van der Waals surface area contributed by atoms with Gasteiger partial charge in [-0.15, -0.1) is 0 Å².